The number of hydrogen-bond donors (Lipinski definition) is 1. The monoisotopic (exact) mass is 322 g/mol. The molecule has 1 amide bonds. The molecule has 0 spiro atoms. The number of carbonyl (C=O) groups is 1. The third-order valence-electron chi connectivity index (χ3n) is 4.91. The molecule has 0 fully saturated rings. The molecule has 1 aliphatic heterocycles. The number of rotatable bonds is 2. The van der Waals surface area contributed by atoms with Crippen LogP contribution >= 0.6 is 0 Å². The summed E-state index contributed by atoms with van der Waals surface area (Å²) in [6.45, 7) is 7.37. The highest BCUT2D eigenvalue weighted by molar-refractivity contribution is 5.83. The Morgan fingerprint density at radius 1 is 1.08 bits per heavy atom. The van der Waals surface area contributed by atoms with E-state index < -0.39 is 6.04 Å². The van der Waals surface area contributed by atoms with Gasteiger partial charge in [0.05, 0.1) is 6.04 Å². The number of nitrogens with zero attached hydrogens (tertiary/aromatic N) is 1. The summed E-state index contributed by atoms with van der Waals surface area (Å²) in [7, 11) is 0. The van der Waals surface area contributed by atoms with Crippen LogP contribution in [0.3, 0.4) is 0 Å². The fourth-order valence-corrected chi connectivity index (χ4v) is 3.31. The summed E-state index contributed by atoms with van der Waals surface area (Å²) in [6.07, 6.45) is 0. The lowest BCUT2D eigenvalue weighted by atomic mass is 9.82. The molecule has 0 radical (unpaired) electrons. The van der Waals surface area contributed by atoms with Crippen LogP contribution in [0.1, 0.15) is 43.4 Å². The van der Waals surface area contributed by atoms with E-state index in [1.54, 1.807) is 0 Å². The summed E-state index contributed by atoms with van der Waals surface area (Å²) in [5.41, 5.74) is 9.77. The maximum absolute atomic E-state index is 12.9. The van der Waals surface area contributed by atoms with Crippen LogP contribution in [0.4, 0.5) is 0 Å². The third kappa shape index (κ3) is 3.22. The summed E-state index contributed by atoms with van der Waals surface area (Å²) in [5, 5.41) is 0. The summed E-state index contributed by atoms with van der Waals surface area (Å²) in [5.74, 6) is 0.241. The molecule has 0 bridgehead atoms. The Labute approximate surface area is 144 Å². The van der Waals surface area contributed by atoms with Crippen molar-refractivity contribution in [3.05, 3.63) is 71.3 Å². The Hall–Kier alpha value is -2.13. The predicted molar refractivity (Wildman–Crippen MR) is 97.6 cm³/mol. The van der Waals surface area contributed by atoms with E-state index in [1.165, 1.54) is 16.7 Å². The van der Waals surface area contributed by atoms with Crippen LogP contribution < -0.4 is 5.73 Å². The number of nitrogens with two attached hydrogens (primary N) is 1. The van der Waals surface area contributed by atoms with Gasteiger partial charge in [-0.1, -0.05) is 75.4 Å². The van der Waals surface area contributed by atoms with E-state index in [0.717, 1.165) is 0 Å². The van der Waals surface area contributed by atoms with Gasteiger partial charge >= 0.3 is 0 Å². The van der Waals surface area contributed by atoms with Crippen LogP contribution in [0.5, 0.6) is 0 Å². The van der Waals surface area contributed by atoms with Gasteiger partial charge < -0.3 is 10.6 Å². The minimum absolute atomic E-state index is 0.0398. The van der Waals surface area contributed by atoms with E-state index in [-0.39, 0.29) is 17.2 Å². The Balaban J connectivity index is 1.95. The topological polar surface area (TPSA) is 46.3 Å². The molecule has 24 heavy (non-hydrogen) atoms. The van der Waals surface area contributed by atoms with E-state index in [4.69, 9.17) is 5.73 Å². The molecule has 126 valence electrons. The second kappa shape index (κ2) is 6.40. The third-order valence-corrected chi connectivity index (χ3v) is 4.91. The Bertz CT molecular complexity index is 718. The summed E-state index contributed by atoms with van der Waals surface area (Å²) >= 11 is 0. The normalized spacial score (nSPS) is 18.8. The first-order valence-corrected chi connectivity index (χ1v) is 8.55. The van der Waals surface area contributed by atoms with Gasteiger partial charge in [-0.2, -0.15) is 0 Å². The van der Waals surface area contributed by atoms with E-state index in [2.05, 4.69) is 42.5 Å². The second-order valence-electron chi connectivity index (χ2n) is 7.72. The molecule has 2 N–H and O–H groups in total. The highest BCUT2D eigenvalue weighted by Gasteiger charge is 2.35. The minimum Gasteiger partial charge on any atom is -0.336 e. The molecule has 2 aromatic rings. The molecule has 3 rings (SSSR count). The van der Waals surface area contributed by atoms with Gasteiger partial charge in [-0.15, -0.1) is 0 Å². The van der Waals surface area contributed by atoms with Crippen LogP contribution in [-0.4, -0.2) is 23.4 Å². The maximum Gasteiger partial charge on any atom is 0.240 e. The maximum atomic E-state index is 12.9. The Morgan fingerprint density at radius 3 is 2.38 bits per heavy atom. The van der Waals surface area contributed by atoms with Crippen molar-refractivity contribution in [3.8, 4) is 0 Å². The molecule has 3 nitrogen and oxygen atoms in total. The van der Waals surface area contributed by atoms with Crippen molar-refractivity contribution >= 4 is 5.91 Å². The van der Waals surface area contributed by atoms with Crippen molar-refractivity contribution in [1.82, 2.24) is 4.90 Å². The van der Waals surface area contributed by atoms with Gasteiger partial charge in [-0.25, -0.2) is 0 Å². The first-order chi connectivity index (χ1) is 11.4. The highest BCUT2D eigenvalue weighted by Crippen LogP contribution is 2.34. The standard InChI is InChI=1S/C21H26N2O/c1-21(2,3)19(22)20(24)23-13-16-11-7-8-12-17(16)18(14-23)15-9-5-4-6-10-15/h4-12,18-19H,13-14,22H2,1-3H3/t18?,19-/m1/s1. The summed E-state index contributed by atoms with van der Waals surface area (Å²) in [4.78, 5) is 14.9. The SMILES string of the molecule is CC(C)(C)[C@H](N)C(=O)N1Cc2ccccc2C(c2ccccc2)C1. The van der Waals surface area contributed by atoms with E-state index in [1.807, 2.05) is 37.8 Å². The average molecular weight is 322 g/mol. The van der Waals surface area contributed by atoms with Crippen molar-refractivity contribution in [2.24, 2.45) is 11.1 Å². The highest BCUT2D eigenvalue weighted by atomic mass is 16.2. The zero-order valence-electron chi connectivity index (χ0n) is 14.7. The van der Waals surface area contributed by atoms with Crippen molar-refractivity contribution in [2.45, 2.75) is 39.3 Å². The van der Waals surface area contributed by atoms with Gasteiger partial charge in [0.15, 0.2) is 0 Å². The molecule has 2 aromatic carbocycles. The number of amides is 1. The van der Waals surface area contributed by atoms with Gasteiger partial charge in [-0.3, -0.25) is 4.79 Å². The molecule has 2 atom stereocenters. The van der Waals surface area contributed by atoms with E-state index in [9.17, 15) is 4.79 Å². The zero-order chi connectivity index (χ0) is 17.3. The average Bonchev–Trinajstić information content (AvgIpc) is 2.59. The minimum atomic E-state index is -0.487. The van der Waals surface area contributed by atoms with Crippen molar-refractivity contribution in [1.29, 1.82) is 0 Å². The van der Waals surface area contributed by atoms with Crippen LogP contribution in [0.15, 0.2) is 54.6 Å². The van der Waals surface area contributed by atoms with E-state index >= 15 is 0 Å². The van der Waals surface area contributed by atoms with Crippen LogP contribution in [0.25, 0.3) is 0 Å². The molecule has 1 heterocycles. The van der Waals surface area contributed by atoms with Gasteiger partial charge in [-0.05, 0) is 22.1 Å². The quantitative estimate of drug-likeness (QED) is 0.919. The van der Waals surface area contributed by atoms with Gasteiger partial charge in [0.2, 0.25) is 5.91 Å². The summed E-state index contributed by atoms with van der Waals surface area (Å²) < 4.78 is 0. The first kappa shape index (κ1) is 16.7. The second-order valence-corrected chi connectivity index (χ2v) is 7.72. The fraction of sp³-hybridized carbons (Fsp3) is 0.381. The number of benzene rings is 2. The lowest BCUT2D eigenvalue weighted by Gasteiger charge is -2.38. The Morgan fingerprint density at radius 2 is 1.71 bits per heavy atom. The molecule has 1 aliphatic rings. The van der Waals surface area contributed by atoms with Crippen LogP contribution in [0, 0.1) is 5.41 Å². The van der Waals surface area contributed by atoms with Crippen molar-refractivity contribution < 1.29 is 4.79 Å². The van der Waals surface area contributed by atoms with Gasteiger partial charge in [0.1, 0.15) is 0 Å². The van der Waals surface area contributed by atoms with Crippen LogP contribution in [0.2, 0.25) is 0 Å². The summed E-state index contributed by atoms with van der Waals surface area (Å²) in [6, 6.07) is 18.3. The molecule has 0 aliphatic carbocycles. The smallest absolute Gasteiger partial charge is 0.240 e. The Kier molecular flexibility index (Phi) is 4.46. The molecular formula is C21H26N2O. The molecule has 0 aromatic heterocycles. The number of hydrogen-bond acceptors (Lipinski definition) is 2. The van der Waals surface area contributed by atoms with Gasteiger partial charge in [0.25, 0.3) is 0 Å². The molecule has 3 heteroatoms. The first-order valence-electron chi connectivity index (χ1n) is 8.55. The van der Waals surface area contributed by atoms with E-state index in [0.29, 0.717) is 13.1 Å². The largest absolute Gasteiger partial charge is 0.336 e. The van der Waals surface area contributed by atoms with Crippen molar-refractivity contribution in [2.75, 3.05) is 6.54 Å². The molecular weight excluding hydrogens is 296 g/mol. The predicted octanol–water partition coefficient (Wildman–Crippen LogP) is 3.53. The molecule has 1 unspecified atom stereocenters. The van der Waals surface area contributed by atoms with Crippen LogP contribution in [-0.2, 0) is 11.3 Å². The molecule has 0 saturated carbocycles. The number of fused-ring (bicyclic) bond motifs is 1. The van der Waals surface area contributed by atoms with Gasteiger partial charge in [0, 0.05) is 19.0 Å². The zero-order valence-corrected chi connectivity index (χ0v) is 14.7. The lowest BCUT2D eigenvalue weighted by molar-refractivity contribution is -0.136. The fourth-order valence-electron chi connectivity index (χ4n) is 3.31. The lowest BCUT2D eigenvalue weighted by Crippen LogP contribution is -2.52. The number of carbonyl (C=O) groups excluding carboxylic acids is 1. The van der Waals surface area contributed by atoms with Crippen molar-refractivity contribution in [3.63, 3.8) is 0 Å². The molecule has 0 saturated heterocycles.